The first kappa shape index (κ1) is 19.5. The van der Waals surface area contributed by atoms with E-state index in [1.807, 2.05) is 37.3 Å². The summed E-state index contributed by atoms with van der Waals surface area (Å²) in [7, 11) is 0. The number of aromatic nitrogens is 4. The van der Waals surface area contributed by atoms with Crippen LogP contribution in [-0.2, 0) is 17.9 Å². The first-order valence-electron chi connectivity index (χ1n) is 9.58. The quantitative estimate of drug-likeness (QED) is 0.495. The molecule has 2 aromatic carbocycles. The van der Waals surface area contributed by atoms with Crippen molar-refractivity contribution in [2.75, 3.05) is 6.54 Å². The molecule has 0 saturated heterocycles. The summed E-state index contributed by atoms with van der Waals surface area (Å²) >= 11 is 0. The van der Waals surface area contributed by atoms with Crippen LogP contribution in [0.2, 0.25) is 0 Å². The maximum absolute atomic E-state index is 13.2. The van der Waals surface area contributed by atoms with Crippen LogP contribution in [0.5, 0.6) is 0 Å². The Kier molecular flexibility index (Phi) is 5.38. The number of halogens is 1. The summed E-state index contributed by atoms with van der Waals surface area (Å²) in [6.07, 6.45) is 1.39. The lowest BCUT2D eigenvalue weighted by atomic mass is 10.1. The largest absolute Gasteiger partial charge is 0.337 e. The molecular formula is C22H20FN5O2. The van der Waals surface area contributed by atoms with Crippen molar-refractivity contribution in [3.05, 3.63) is 88.7 Å². The number of amides is 1. The number of rotatable bonds is 6. The maximum Gasteiger partial charge on any atom is 0.293 e. The standard InChI is InChI=1S/C22H20FN5O2/c1-2-26(13-16-6-4-3-5-7-16)21(29)14-27-22(30)20-12-19(25-28(20)15-24-27)17-8-10-18(23)11-9-17/h3-12,15H,2,13-14H2,1H3. The molecular weight excluding hydrogens is 385 g/mol. The van der Waals surface area contributed by atoms with Gasteiger partial charge >= 0.3 is 0 Å². The zero-order chi connectivity index (χ0) is 21.1. The second-order valence-electron chi connectivity index (χ2n) is 6.85. The molecule has 8 heteroatoms. The van der Waals surface area contributed by atoms with Crippen molar-refractivity contribution < 1.29 is 9.18 Å². The molecule has 0 atom stereocenters. The third-order valence-electron chi connectivity index (χ3n) is 4.87. The normalized spacial score (nSPS) is 11.0. The number of likely N-dealkylation sites (N-methyl/N-ethyl adjacent to an activating group) is 1. The monoisotopic (exact) mass is 405 g/mol. The Hall–Kier alpha value is -3.81. The van der Waals surface area contributed by atoms with Gasteiger partial charge in [-0.1, -0.05) is 30.3 Å². The minimum Gasteiger partial charge on any atom is -0.337 e. The molecule has 0 saturated carbocycles. The number of hydrogen-bond acceptors (Lipinski definition) is 4. The molecule has 2 heterocycles. The molecule has 7 nitrogen and oxygen atoms in total. The van der Waals surface area contributed by atoms with Crippen LogP contribution < -0.4 is 5.56 Å². The molecule has 2 aromatic heterocycles. The predicted molar refractivity (Wildman–Crippen MR) is 110 cm³/mol. The van der Waals surface area contributed by atoms with Crippen molar-refractivity contribution >= 4 is 11.4 Å². The zero-order valence-corrected chi connectivity index (χ0v) is 16.4. The molecule has 4 rings (SSSR count). The summed E-state index contributed by atoms with van der Waals surface area (Å²) in [6, 6.07) is 17.1. The molecule has 0 bridgehead atoms. The average Bonchev–Trinajstić information content (AvgIpc) is 3.20. The van der Waals surface area contributed by atoms with Crippen LogP contribution in [0.25, 0.3) is 16.8 Å². The van der Waals surface area contributed by atoms with Gasteiger partial charge in [0.15, 0.2) is 0 Å². The van der Waals surface area contributed by atoms with E-state index in [4.69, 9.17) is 0 Å². The van der Waals surface area contributed by atoms with E-state index in [1.54, 1.807) is 23.1 Å². The van der Waals surface area contributed by atoms with Crippen molar-refractivity contribution in [3.8, 4) is 11.3 Å². The number of benzene rings is 2. The van der Waals surface area contributed by atoms with Gasteiger partial charge in [0.2, 0.25) is 5.91 Å². The van der Waals surface area contributed by atoms with Crippen LogP contribution in [0.3, 0.4) is 0 Å². The number of nitrogens with zero attached hydrogens (tertiary/aromatic N) is 5. The van der Waals surface area contributed by atoms with Gasteiger partial charge in [0.1, 0.15) is 24.2 Å². The van der Waals surface area contributed by atoms with Crippen LogP contribution in [0.4, 0.5) is 4.39 Å². The van der Waals surface area contributed by atoms with Gasteiger partial charge in [-0.2, -0.15) is 10.2 Å². The van der Waals surface area contributed by atoms with Crippen molar-refractivity contribution in [2.45, 2.75) is 20.0 Å². The van der Waals surface area contributed by atoms with Gasteiger partial charge in [0, 0.05) is 18.7 Å². The second-order valence-corrected chi connectivity index (χ2v) is 6.85. The van der Waals surface area contributed by atoms with Gasteiger partial charge in [-0.25, -0.2) is 13.6 Å². The fourth-order valence-corrected chi connectivity index (χ4v) is 3.22. The number of fused-ring (bicyclic) bond motifs is 1. The van der Waals surface area contributed by atoms with E-state index >= 15 is 0 Å². The van der Waals surface area contributed by atoms with Gasteiger partial charge in [0.05, 0.1) is 5.69 Å². The van der Waals surface area contributed by atoms with Gasteiger partial charge in [-0.3, -0.25) is 9.59 Å². The molecule has 1 amide bonds. The van der Waals surface area contributed by atoms with E-state index in [9.17, 15) is 14.0 Å². The summed E-state index contributed by atoms with van der Waals surface area (Å²) in [5.74, 6) is -0.542. The minimum atomic E-state index is -0.414. The fourth-order valence-electron chi connectivity index (χ4n) is 3.22. The third kappa shape index (κ3) is 3.98. The fraction of sp³-hybridized carbons (Fsp3) is 0.182. The minimum absolute atomic E-state index is 0.160. The zero-order valence-electron chi connectivity index (χ0n) is 16.4. The van der Waals surface area contributed by atoms with Crippen LogP contribution in [0.15, 0.2) is 71.8 Å². The first-order chi connectivity index (χ1) is 14.5. The Balaban J connectivity index is 1.58. The molecule has 0 spiro atoms. The van der Waals surface area contributed by atoms with E-state index in [0.29, 0.717) is 29.9 Å². The van der Waals surface area contributed by atoms with Crippen molar-refractivity contribution in [1.29, 1.82) is 0 Å². The molecule has 152 valence electrons. The highest BCUT2D eigenvalue weighted by molar-refractivity contribution is 5.76. The Morgan fingerprint density at radius 1 is 1.10 bits per heavy atom. The van der Waals surface area contributed by atoms with Gasteiger partial charge in [-0.15, -0.1) is 0 Å². The van der Waals surface area contributed by atoms with Crippen molar-refractivity contribution in [1.82, 2.24) is 24.3 Å². The Morgan fingerprint density at radius 2 is 1.83 bits per heavy atom. The van der Waals surface area contributed by atoms with E-state index in [-0.39, 0.29) is 18.3 Å². The number of hydrogen-bond donors (Lipinski definition) is 0. The summed E-state index contributed by atoms with van der Waals surface area (Å²) in [6.45, 7) is 2.72. The lowest BCUT2D eigenvalue weighted by Crippen LogP contribution is -2.37. The van der Waals surface area contributed by atoms with Crippen LogP contribution >= 0.6 is 0 Å². The topological polar surface area (TPSA) is 72.5 Å². The summed E-state index contributed by atoms with van der Waals surface area (Å²) in [4.78, 5) is 27.3. The summed E-state index contributed by atoms with van der Waals surface area (Å²) < 4.78 is 15.7. The van der Waals surface area contributed by atoms with E-state index < -0.39 is 5.56 Å². The Morgan fingerprint density at radius 3 is 2.53 bits per heavy atom. The molecule has 0 unspecified atom stereocenters. The van der Waals surface area contributed by atoms with Crippen LogP contribution in [-0.4, -0.2) is 36.7 Å². The highest BCUT2D eigenvalue weighted by Gasteiger charge is 2.16. The Labute approximate surface area is 172 Å². The Bertz CT molecular complexity index is 1230. The third-order valence-corrected chi connectivity index (χ3v) is 4.87. The van der Waals surface area contributed by atoms with Gasteiger partial charge in [-0.05, 0) is 42.8 Å². The lowest BCUT2D eigenvalue weighted by Gasteiger charge is -2.21. The highest BCUT2D eigenvalue weighted by atomic mass is 19.1. The van der Waals surface area contributed by atoms with Crippen LogP contribution in [0, 0.1) is 5.82 Å². The maximum atomic E-state index is 13.2. The summed E-state index contributed by atoms with van der Waals surface area (Å²) in [5.41, 5.74) is 2.10. The van der Waals surface area contributed by atoms with E-state index in [1.165, 1.54) is 23.0 Å². The highest BCUT2D eigenvalue weighted by Crippen LogP contribution is 2.18. The predicted octanol–water partition coefficient (Wildman–Crippen LogP) is 2.75. The number of carbonyl (C=O) groups excluding carboxylic acids is 1. The molecule has 0 aliphatic rings. The van der Waals surface area contributed by atoms with Crippen molar-refractivity contribution in [2.24, 2.45) is 0 Å². The van der Waals surface area contributed by atoms with Crippen molar-refractivity contribution in [3.63, 3.8) is 0 Å². The first-order valence-corrected chi connectivity index (χ1v) is 9.58. The summed E-state index contributed by atoms with van der Waals surface area (Å²) in [5, 5.41) is 8.41. The molecule has 4 aromatic rings. The van der Waals surface area contributed by atoms with Crippen LogP contribution in [0.1, 0.15) is 12.5 Å². The molecule has 0 radical (unpaired) electrons. The molecule has 0 aliphatic heterocycles. The van der Waals surface area contributed by atoms with Gasteiger partial charge < -0.3 is 4.90 Å². The SMILES string of the molecule is CCN(Cc1ccccc1)C(=O)Cn1ncn2nc(-c3ccc(F)cc3)cc2c1=O. The molecule has 30 heavy (non-hydrogen) atoms. The lowest BCUT2D eigenvalue weighted by molar-refractivity contribution is -0.132. The molecule has 0 aliphatic carbocycles. The van der Waals surface area contributed by atoms with E-state index in [2.05, 4.69) is 10.2 Å². The van der Waals surface area contributed by atoms with Gasteiger partial charge in [0.25, 0.3) is 5.56 Å². The smallest absolute Gasteiger partial charge is 0.293 e. The molecule has 0 fully saturated rings. The second kappa shape index (κ2) is 8.28. The average molecular weight is 405 g/mol. The number of carbonyl (C=O) groups is 1. The van der Waals surface area contributed by atoms with E-state index in [0.717, 1.165) is 10.2 Å². The molecule has 0 N–H and O–H groups in total.